The average Bonchev–Trinajstić information content (AvgIpc) is 2.64. The van der Waals surface area contributed by atoms with E-state index in [0.717, 1.165) is 18.4 Å². The number of esters is 2. The molecule has 21 heavy (non-hydrogen) atoms. The van der Waals surface area contributed by atoms with Crippen molar-refractivity contribution >= 4 is 11.9 Å². The summed E-state index contributed by atoms with van der Waals surface area (Å²) in [6.45, 7) is 7.38. The minimum atomic E-state index is -0.286. The molecule has 0 bridgehead atoms. The van der Waals surface area contributed by atoms with Crippen molar-refractivity contribution in [2.75, 3.05) is 0 Å². The van der Waals surface area contributed by atoms with E-state index in [1.165, 1.54) is 12.5 Å². The first kappa shape index (κ1) is 15.8. The Morgan fingerprint density at radius 2 is 2.10 bits per heavy atom. The Labute approximate surface area is 126 Å². The maximum Gasteiger partial charge on any atom is 0.309 e. The van der Waals surface area contributed by atoms with E-state index in [-0.39, 0.29) is 36.0 Å². The summed E-state index contributed by atoms with van der Waals surface area (Å²) in [6.07, 6.45) is 6.20. The maximum absolute atomic E-state index is 11.9. The Morgan fingerprint density at radius 1 is 1.38 bits per heavy atom. The topological polar surface area (TPSA) is 52.6 Å². The number of fused-ring (bicyclic) bond motifs is 1. The quantitative estimate of drug-likeness (QED) is 0.550. The van der Waals surface area contributed by atoms with Gasteiger partial charge in [-0.1, -0.05) is 18.6 Å². The van der Waals surface area contributed by atoms with Crippen molar-refractivity contribution in [1.29, 1.82) is 0 Å². The van der Waals surface area contributed by atoms with Gasteiger partial charge in [0, 0.05) is 12.8 Å². The first-order chi connectivity index (χ1) is 9.88. The summed E-state index contributed by atoms with van der Waals surface area (Å²) in [7, 11) is 0. The molecular weight excluding hydrogens is 268 g/mol. The molecular formula is C17H24O4. The van der Waals surface area contributed by atoms with Crippen LogP contribution in [-0.4, -0.2) is 24.1 Å². The van der Waals surface area contributed by atoms with Crippen LogP contribution in [-0.2, 0) is 19.1 Å². The van der Waals surface area contributed by atoms with Crippen LogP contribution in [0.3, 0.4) is 0 Å². The summed E-state index contributed by atoms with van der Waals surface area (Å²) in [5.41, 5.74) is 2.30. The first-order valence-electron chi connectivity index (χ1n) is 7.60. The fourth-order valence-corrected chi connectivity index (χ4v) is 3.08. The molecule has 0 aromatic carbocycles. The van der Waals surface area contributed by atoms with Crippen molar-refractivity contribution in [3.63, 3.8) is 0 Å². The SMILES string of the molecule is CC(=O)O[C@@H]1C[C@H]2[C@H](/C=C(\C)CCC=C1C)OC(=O)[C@@H]2C. The van der Waals surface area contributed by atoms with Crippen LogP contribution in [0, 0.1) is 11.8 Å². The Kier molecular flexibility index (Phi) is 4.86. The zero-order chi connectivity index (χ0) is 15.6. The van der Waals surface area contributed by atoms with Gasteiger partial charge in [-0.05, 0) is 44.8 Å². The fraction of sp³-hybridized carbons (Fsp3) is 0.647. The molecule has 1 aliphatic heterocycles. The molecule has 4 atom stereocenters. The summed E-state index contributed by atoms with van der Waals surface area (Å²) in [6, 6.07) is 0. The number of rotatable bonds is 1. The molecule has 2 aliphatic rings. The van der Waals surface area contributed by atoms with Crippen molar-refractivity contribution in [2.45, 2.75) is 59.2 Å². The Morgan fingerprint density at radius 3 is 2.76 bits per heavy atom. The second-order valence-corrected chi connectivity index (χ2v) is 6.19. The van der Waals surface area contributed by atoms with Gasteiger partial charge in [-0.2, -0.15) is 0 Å². The Bertz CT molecular complexity index is 489. The molecule has 116 valence electrons. The zero-order valence-corrected chi connectivity index (χ0v) is 13.2. The van der Waals surface area contributed by atoms with Crippen LogP contribution in [0.25, 0.3) is 0 Å². The number of carbonyl (C=O) groups excluding carboxylic acids is 2. The zero-order valence-electron chi connectivity index (χ0n) is 13.2. The molecule has 2 rings (SSSR count). The highest BCUT2D eigenvalue weighted by Crippen LogP contribution is 2.36. The second kappa shape index (κ2) is 6.46. The Hall–Kier alpha value is -1.58. The molecule has 1 saturated heterocycles. The van der Waals surface area contributed by atoms with Gasteiger partial charge in [0.15, 0.2) is 0 Å². The standard InChI is InChI=1S/C17H24O4/c1-10-6-5-7-11(2)15(20-13(4)18)9-14-12(3)17(19)21-16(14)8-10/h7-8,12,14-16H,5-6,9H2,1-4H3/b10-8+,11-7?/t12-,14-,15-,16+/m1/s1. The number of carbonyl (C=O) groups is 2. The van der Waals surface area contributed by atoms with E-state index in [0.29, 0.717) is 6.42 Å². The number of ether oxygens (including phenoxy) is 2. The van der Waals surface area contributed by atoms with Gasteiger partial charge in [-0.15, -0.1) is 0 Å². The van der Waals surface area contributed by atoms with E-state index in [4.69, 9.17) is 9.47 Å². The van der Waals surface area contributed by atoms with Crippen molar-refractivity contribution in [2.24, 2.45) is 11.8 Å². The highest BCUT2D eigenvalue weighted by atomic mass is 16.6. The minimum absolute atomic E-state index is 0.0539. The lowest BCUT2D eigenvalue weighted by molar-refractivity contribution is -0.145. The second-order valence-electron chi connectivity index (χ2n) is 6.19. The lowest BCUT2D eigenvalue weighted by Crippen LogP contribution is -2.28. The van der Waals surface area contributed by atoms with E-state index < -0.39 is 0 Å². The van der Waals surface area contributed by atoms with Gasteiger partial charge < -0.3 is 9.47 Å². The maximum atomic E-state index is 11.9. The normalized spacial score (nSPS) is 35.9. The molecule has 0 spiro atoms. The van der Waals surface area contributed by atoms with Crippen LogP contribution in [0.1, 0.15) is 47.0 Å². The highest BCUT2D eigenvalue weighted by Gasteiger charge is 2.42. The molecule has 1 aliphatic carbocycles. The van der Waals surface area contributed by atoms with Crippen molar-refractivity contribution in [3.05, 3.63) is 23.3 Å². The molecule has 0 aromatic heterocycles. The van der Waals surface area contributed by atoms with E-state index in [1.54, 1.807) is 0 Å². The van der Waals surface area contributed by atoms with Crippen molar-refractivity contribution in [1.82, 2.24) is 0 Å². The fourth-order valence-electron chi connectivity index (χ4n) is 3.08. The summed E-state index contributed by atoms with van der Waals surface area (Å²) in [5.74, 6) is -0.551. The van der Waals surface area contributed by atoms with Gasteiger partial charge in [0.2, 0.25) is 0 Å². The molecule has 4 nitrogen and oxygen atoms in total. The van der Waals surface area contributed by atoms with E-state index >= 15 is 0 Å². The van der Waals surface area contributed by atoms with E-state index in [1.807, 2.05) is 13.8 Å². The van der Waals surface area contributed by atoms with Crippen LogP contribution in [0.2, 0.25) is 0 Å². The average molecular weight is 292 g/mol. The smallest absolute Gasteiger partial charge is 0.309 e. The summed E-state index contributed by atoms with van der Waals surface area (Å²) in [5, 5.41) is 0. The largest absolute Gasteiger partial charge is 0.458 e. The van der Waals surface area contributed by atoms with E-state index in [9.17, 15) is 9.59 Å². The number of allylic oxidation sites excluding steroid dienone is 2. The Balaban J connectivity index is 2.29. The highest BCUT2D eigenvalue weighted by molar-refractivity contribution is 5.75. The van der Waals surface area contributed by atoms with Gasteiger partial charge in [-0.3, -0.25) is 9.59 Å². The van der Waals surface area contributed by atoms with Crippen LogP contribution >= 0.6 is 0 Å². The number of hydrogen-bond acceptors (Lipinski definition) is 4. The predicted octanol–water partition coefficient (Wildman–Crippen LogP) is 3.17. The third-order valence-electron chi connectivity index (χ3n) is 4.44. The first-order valence-corrected chi connectivity index (χ1v) is 7.60. The molecule has 0 unspecified atom stereocenters. The monoisotopic (exact) mass is 292 g/mol. The molecule has 1 fully saturated rings. The lowest BCUT2D eigenvalue weighted by Gasteiger charge is -2.25. The molecule has 4 heteroatoms. The summed E-state index contributed by atoms with van der Waals surface area (Å²) in [4.78, 5) is 23.2. The van der Waals surface area contributed by atoms with Gasteiger partial charge in [-0.25, -0.2) is 0 Å². The third kappa shape index (κ3) is 3.74. The molecule has 0 radical (unpaired) electrons. The molecule has 0 amide bonds. The van der Waals surface area contributed by atoms with Crippen molar-refractivity contribution in [3.8, 4) is 0 Å². The summed E-state index contributed by atoms with van der Waals surface area (Å²) < 4.78 is 11.0. The van der Waals surface area contributed by atoms with Crippen LogP contribution in [0.15, 0.2) is 23.3 Å². The number of hydrogen-bond donors (Lipinski definition) is 0. The predicted molar refractivity (Wildman–Crippen MR) is 79.5 cm³/mol. The van der Waals surface area contributed by atoms with Crippen LogP contribution in [0.5, 0.6) is 0 Å². The van der Waals surface area contributed by atoms with E-state index in [2.05, 4.69) is 19.1 Å². The molecule has 0 N–H and O–H groups in total. The van der Waals surface area contributed by atoms with Gasteiger partial charge >= 0.3 is 11.9 Å². The van der Waals surface area contributed by atoms with Crippen molar-refractivity contribution < 1.29 is 19.1 Å². The molecule has 1 heterocycles. The van der Waals surface area contributed by atoms with Crippen LogP contribution < -0.4 is 0 Å². The van der Waals surface area contributed by atoms with Gasteiger partial charge in [0.05, 0.1) is 5.92 Å². The molecule has 0 saturated carbocycles. The van der Waals surface area contributed by atoms with Crippen LogP contribution in [0.4, 0.5) is 0 Å². The van der Waals surface area contributed by atoms with Gasteiger partial charge in [0.25, 0.3) is 0 Å². The minimum Gasteiger partial charge on any atom is -0.458 e. The third-order valence-corrected chi connectivity index (χ3v) is 4.44. The lowest BCUT2D eigenvalue weighted by atomic mass is 9.83. The van der Waals surface area contributed by atoms with Gasteiger partial charge in [0.1, 0.15) is 12.2 Å². The molecule has 0 aromatic rings. The summed E-state index contributed by atoms with van der Waals surface area (Å²) >= 11 is 0.